The summed E-state index contributed by atoms with van der Waals surface area (Å²) in [5, 5.41) is 5.41. The first-order valence-electron chi connectivity index (χ1n) is 10.9. The van der Waals surface area contributed by atoms with Crippen molar-refractivity contribution in [3.63, 3.8) is 0 Å². The molecule has 0 amide bonds. The Kier molecular flexibility index (Phi) is 5.58. The van der Waals surface area contributed by atoms with Crippen molar-refractivity contribution in [1.82, 2.24) is 15.0 Å². The molecule has 2 fully saturated rings. The summed E-state index contributed by atoms with van der Waals surface area (Å²) >= 11 is 6.14. The van der Waals surface area contributed by atoms with Crippen LogP contribution >= 0.6 is 11.6 Å². The molecule has 2 aliphatic rings. The number of hydrogen-bond donors (Lipinski definition) is 1. The van der Waals surface area contributed by atoms with Gasteiger partial charge in [-0.2, -0.15) is 4.98 Å². The Hall–Kier alpha value is -2.60. The van der Waals surface area contributed by atoms with Crippen molar-refractivity contribution in [3.8, 4) is 0 Å². The standard InChI is InChI=1S/C23H27ClN6/c24-17-6-7-19-20(16-17)25-10-8-21(19)29-12-14-30(15-13-29)22-9-11-26-23(28-22)27-18-4-2-1-3-5-18/h6-11,16,18H,1-5,12-15H2,(H,26,27,28). The second-order valence-corrected chi connectivity index (χ2v) is 8.62. The van der Waals surface area contributed by atoms with Crippen LogP contribution in [0.4, 0.5) is 17.5 Å². The fraction of sp³-hybridized carbons (Fsp3) is 0.435. The molecule has 1 saturated carbocycles. The second-order valence-electron chi connectivity index (χ2n) is 8.18. The molecule has 1 aliphatic carbocycles. The zero-order valence-electron chi connectivity index (χ0n) is 17.1. The molecule has 30 heavy (non-hydrogen) atoms. The predicted octanol–water partition coefficient (Wildman–Crippen LogP) is 4.75. The zero-order chi connectivity index (χ0) is 20.3. The van der Waals surface area contributed by atoms with Crippen molar-refractivity contribution < 1.29 is 0 Å². The number of hydrogen-bond acceptors (Lipinski definition) is 6. The van der Waals surface area contributed by atoms with Gasteiger partial charge in [0.15, 0.2) is 0 Å². The van der Waals surface area contributed by atoms with Crippen LogP contribution in [-0.4, -0.2) is 47.2 Å². The molecule has 0 atom stereocenters. The Morgan fingerprint density at radius 1 is 0.867 bits per heavy atom. The maximum atomic E-state index is 6.14. The van der Waals surface area contributed by atoms with Crippen LogP contribution in [-0.2, 0) is 0 Å². The highest BCUT2D eigenvalue weighted by Crippen LogP contribution is 2.29. The fourth-order valence-electron chi connectivity index (χ4n) is 4.58. The van der Waals surface area contributed by atoms with Crippen molar-refractivity contribution in [3.05, 3.63) is 47.7 Å². The summed E-state index contributed by atoms with van der Waals surface area (Å²) in [7, 11) is 0. The van der Waals surface area contributed by atoms with E-state index in [0.29, 0.717) is 6.04 Å². The Bertz CT molecular complexity index is 1010. The van der Waals surface area contributed by atoms with Crippen molar-refractivity contribution in [2.24, 2.45) is 0 Å². The van der Waals surface area contributed by atoms with E-state index < -0.39 is 0 Å². The number of halogens is 1. The highest BCUT2D eigenvalue weighted by Gasteiger charge is 2.21. The molecule has 1 N–H and O–H groups in total. The molecule has 6 nitrogen and oxygen atoms in total. The largest absolute Gasteiger partial charge is 0.367 e. The van der Waals surface area contributed by atoms with Gasteiger partial charge in [-0.3, -0.25) is 4.98 Å². The molecule has 7 heteroatoms. The maximum Gasteiger partial charge on any atom is 0.224 e. The van der Waals surface area contributed by atoms with Gasteiger partial charge >= 0.3 is 0 Å². The van der Waals surface area contributed by atoms with Crippen LogP contribution in [0, 0.1) is 0 Å². The van der Waals surface area contributed by atoms with Gasteiger partial charge in [0.1, 0.15) is 5.82 Å². The van der Waals surface area contributed by atoms with Gasteiger partial charge < -0.3 is 15.1 Å². The third kappa shape index (κ3) is 4.15. The highest BCUT2D eigenvalue weighted by molar-refractivity contribution is 6.31. The first-order chi connectivity index (χ1) is 14.8. The molecule has 3 aromatic rings. The van der Waals surface area contributed by atoms with Gasteiger partial charge in [-0.05, 0) is 43.2 Å². The average molecular weight is 423 g/mol. The van der Waals surface area contributed by atoms with Gasteiger partial charge in [0.2, 0.25) is 5.95 Å². The summed E-state index contributed by atoms with van der Waals surface area (Å²) in [6, 6.07) is 10.6. The molecule has 1 saturated heterocycles. The summed E-state index contributed by atoms with van der Waals surface area (Å²) in [6.45, 7) is 3.74. The fourth-order valence-corrected chi connectivity index (χ4v) is 4.75. The molecule has 0 unspecified atom stereocenters. The quantitative estimate of drug-likeness (QED) is 0.654. The third-order valence-corrected chi connectivity index (χ3v) is 6.44. The van der Waals surface area contributed by atoms with E-state index in [9.17, 15) is 0 Å². The van der Waals surface area contributed by atoms with Crippen LogP contribution in [0.25, 0.3) is 10.9 Å². The SMILES string of the molecule is Clc1ccc2c(N3CCN(c4ccnc(NC5CCCCC5)n4)CC3)ccnc2c1. The molecule has 0 spiro atoms. The molecule has 3 heterocycles. The molecular weight excluding hydrogens is 396 g/mol. The number of fused-ring (bicyclic) bond motifs is 1. The van der Waals surface area contributed by atoms with Gasteiger partial charge in [-0.15, -0.1) is 0 Å². The lowest BCUT2D eigenvalue weighted by atomic mass is 9.96. The molecule has 1 aliphatic heterocycles. The predicted molar refractivity (Wildman–Crippen MR) is 124 cm³/mol. The van der Waals surface area contributed by atoms with Gasteiger partial charge in [-0.1, -0.05) is 30.9 Å². The molecule has 5 rings (SSSR count). The number of rotatable bonds is 4. The minimum Gasteiger partial charge on any atom is -0.367 e. The monoisotopic (exact) mass is 422 g/mol. The Balaban J connectivity index is 1.27. The van der Waals surface area contributed by atoms with E-state index in [1.165, 1.54) is 37.8 Å². The van der Waals surface area contributed by atoms with Crippen LogP contribution in [0.5, 0.6) is 0 Å². The van der Waals surface area contributed by atoms with Gasteiger partial charge in [0, 0.05) is 60.7 Å². The molecular formula is C23H27ClN6. The van der Waals surface area contributed by atoms with Crippen LogP contribution < -0.4 is 15.1 Å². The number of piperazine rings is 1. The van der Waals surface area contributed by atoms with Crippen molar-refractivity contribution >= 4 is 40.0 Å². The van der Waals surface area contributed by atoms with E-state index in [1.807, 2.05) is 30.6 Å². The second kappa shape index (κ2) is 8.64. The van der Waals surface area contributed by atoms with E-state index in [2.05, 4.69) is 37.2 Å². The van der Waals surface area contributed by atoms with Crippen LogP contribution in [0.3, 0.4) is 0 Å². The summed E-state index contributed by atoms with van der Waals surface area (Å²) in [6.07, 6.45) is 10.1. The lowest BCUT2D eigenvalue weighted by Gasteiger charge is -2.37. The summed E-state index contributed by atoms with van der Waals surface area (Å²) in [5.41, 5.74) is 2.16. The topological polar surface area (TPSA) is 57.2 Å². The van der Waals surface area contributed by atoms with Gasteiger partial charge in [0.05, 0.1) is 5.52 Å². The summed E-state index contributed by atoms with van der Waals surface area (Å²) in [5.74, 6) is 1.77. The van der Waals surface area contributed by atoms with Crippen molar-refractivity contribution in [2.75, 3.05) is 41.3 Å². The smallest absolute Gasteiger partial charge is 0.224 e. The van der Waals surface area contributed by atoms with E-state index in [4.69, 9.17) is 16.6 Å². The highest BCUT2D eigenvalue weighted by atomic mass is 35.5. The minimum absolute atomic E-state index is 0.513. The van der Waals surface area contributed by atoms with Gasteiger partial charge in [0.25, 0.3) is 0 Å². The number of benzene rings is 1. The first-order valence-corrected chi connectivity index (χ1v) is 11.3. The maximum absolute atomic E-state index is 6.14. The van der Waals surface area contributed by atoms with Crippen LogP contribution in [0.1, 0.15) is 32.1 Å². The molecule has 1 aromatic carbocycles. The Morgan fingerprint density at radius 2 is 1.63 bits per heavy atom. The number of pyridine rings is 1. The Morgan fingerprint density at radius 3 is 2.47 bits per heavy atom. The molecule has 156 valence electrons. The minimum atomic E-state index is 0.513. The lowest BCUT2D eigenvalue weighted by molar-refractivity contribution is 0.461. The van der Waals surface area contributed by atoms with E-state index in [1.54, 1.807) is 0 Å². The van der Waals surface area contributed by atoms with Crippen molar-refractivity contribution in [1.29, 1.82) is 0 Å². The number of nitrogens with zero attached hydrogens (tertiary/aromatic N) is 5. The number of anilines is 3. The molecule has 0 radical (unpaired) electrons. The molecule has 0 bridgehead atoms. The van der Waals surface area contributed by atoms with Crippen molar-refractivity contribution in [2.45, 2.75) is 38.1 Å². The molecule has 2 aromatic heterocycles. The zero-order valence-corrected chi connectivity index (χ0v) is 17.9. The average Bonchev–Trinajstić information content (AvgIpc) is 2.79. The third-order valence-electron chi connectivity index (χ3n) is 6.21. The van der Waals surface area contributed by atoms with E-state index in [0.717, 1.165) is 53.9 Å². The first kappa shape index (κ1) is 19.4. The van der Waals surface area contributed by atoms with Crippen LogP contribution in [0.15, 0.2) is 42.7 Å². The van der Waals surface area contributed by atoms with Crippen LogP contribution in [0.2, 0.25) is 5.02 Å². The summed E-state index contributed by atoms with van der Waals surface area (Å²) in [4.78, 5) is 18.5. The normalized spacial score (nSPS) is 18.0. The van der Waals surface area contributed by atoms with E-state index in [-0.39, 0.29) is 0 Å². The number of aromatic nitrogens is 3. The lowest BCUT2D eigenvalue weighted by Crippen LogP contribution is -2.47. The van der Waals surface area contributed by atoms with Gasteiger partial charge in [-0.25, -0.2) is 4.98 Å². The number of nitrogens with one attached hydrogen (secondary N) is 1. The summed E-state index contributed by atoms with van der Waals surface area (Å²) < 4.78 is 0. The Labute approximate surface area is 182 Å². The van der Waals surface area contributed by atoms with E-state index >= 15 is 0 Å².